The van der Waals surface area contributed by atoms with E-state index in [1.165, 1.54) is 5.56 Å². The number of fused-ring (bicyclic) bond motifs is 3. The molecule has 2 amide bonds. The molecule has 1 aliphatic rings. The van der Waals surface area contributed by atoms with E-state index in [1.54, 1.807) is 12.1 Å². The van der Waals surface area contributed by atoms with Crippen LogP contribution in [0.25, 0.3) is 27.5 Å². The molecule has 0 aliphatic carbocycles. The third-order valence-electron chi connectivity index (χ3n) is 5.68. The highest BCUT2D eigenvalue weighted by atomic mass is 16.7. The van der Waals surface area contributed by atoms with Gasteiger partial charge in [0.15, 0.2) is 0 Å². The predicted octanol–water partition coefficient (Wildman–Crippen LogP) is 4.62. The first-order chi connectivity index (χ1) is 14.9. The molecule has 0 spiro atoms. The molecule has 154 valence electrons. The first-order valence-electron chi connectivity index (χ1n) is 10.1. The molecular weight excluding hydrogens is 392 g/mol. The predicted molar refractivity (Wildman–Crippen MR) is 117 cm³/mol. The van der Waals surface area contributed by atoms with E-state index in [4.69, 9.17) is 4.84 Å². The average Bonchev–Trinajstić information content (AvgIpc) is 3.25. The Hall–Kier alpha value is -3.93. The summed E-state index contributed by atoms with van der Waals surface area (Å²) in [4.78, 5) is 41.3. The number of hydroxylamine groups is 2. The molecule has 1 aliphatic heterocycles. The zero-order valence-corrected chi connectivity index (χ0v) is 17.2. The summed E-state index contributed by atoms with van der Waals surface area (Å²) >= 11 is 0. The van der Waals surface area contributed by atoms with Crippen molar-refractivity contribution < 1.29 is 19.2 Å². The number of aryl methyl sites for hydroxylation is 2. The highest BCUT2D eigenvalue weighted by Gasteiger charge is 2.33. The Morgan fingerprint density at radius 2 is 1.55 bits per heavy atom. The van der Waals surface area contributed by atoms with E-state index in [-0.39, 0.29) is 18.4 Å². The monoisotopic (exact) mass is 412 g/mol. The number of nitrogens with zero attached hydrogens (tertiary/aromatic N) is 2. The molecule has 6 nitrogen and oxygen atoms in total. The van der Waals surface area contributed by atoms with E-state index < -0.39 is 17.8 Å². The number of para-hydroxylation sites is 1. The fourth-order valence-corrected chi connectivity index (χ4v) is 4.21. The molecule has 0 N–H and O–H groups in total. The van der Waals surface area contributed by atoms with Crippen LogP contribution in [-0.2, 0) is 14.4 Å². The van der Waals surface area contributed by atoms with Gasteiger partial charge in [0.25, 0.3) is 11.8 Å². The van der Waals surface area contributed by atoms with Crippen LogP contribution in [0.2, 0.25) is 0 Å². The number of hydrogen-bond acceptors (Lipinski definition) is 4. The summed E-state index contributed by atoms with van der Waals surface area (Å²) in [7, 11) is 0. The molecule has 1 saturated heterocycles. The zero-order chi connectivity index (χ0) is 21.7. The SMILES string of the molecule is Cc1ccc(-n2c3ccccc3c3cc(C(=O)ON4C(=O)CCC4=O)ccc32)c(C)c1. The quantitative estimate of drug-likeness (QED) is 0.461. The van der Waals surface area contributed by atoms with Gasteiger partial charge in [0.05, 0.1) is 16.6 Å². The molecule has 1 aromatic heterocycles. The molecule has 1 fully saturated rings. The standard InChI is InChI=1S/C25H20N2O4/c1-15-7-9-20(16(2)13-15)26-21-6-4-3-5-18(21)19-14-17(8-10-22(19)26)25(30)31-27-23(28)11-12-24(27)29/h3-10,13-14H,11-12H2,1-2H3. The van der Waals surface area contributed by atoms with Crippen molar-refractivity contribution in [3.8, 4) is 5.69 Å². The van der Waals surface area contributed by atoms with Crippen LogP contribution in [0.1, 0.15) is 34.3 Å². The number of amides is 2. The number of imide groups is 1. The molecule has 3 aromatic carbocycles. The van der Waals surface area contributed by atoms with Gasteiger partial charge in [0.1, 0.15) is 0 Å². The molecule has 2 heterocycles. The van der Waals surface area contributed by atoms with Gasteiger partial charge in [-0.3, -0.25) is 9.59 Å². The Morgan fingerprint density at radius 1 is 0.839 bits per heavy atom. The second-order valence-corrected chi connectivity index (χ2v) is 7.84. The van der Waals surface area contributed by atoms with E-state index in [0.29, 0.717) is 5.06 Å². The lowest BCUT2D eigenvalue weighted by Crippen LogP contribution is -2.32. The molecule has 4 aromatic rings. The van der Waals surface area contributed by atoms with Crippen molar-refractivity contribution in [1.82, 2.24) is 9.63 Å². The first kappa shape index (κ1) is 19.1. The number of rotatable bonds is 3. The Morgan fingerprint density at radius 3 is 2.29 bits per heavy atom. The fourth-order valence-electron chi connectivity index (χ4n) is 4.21. The summed E-state index contributed by atoms with van der Waals surface area (Å²) in [6.07, 6.45) is 0.128. The van der Waals surface area contributed by atoms with Gasteiger partial charge in [-0.25, -0.2) is 4.79 Å². The van der Waals surface area contributed by atoms with Gasteiger partial charge in [-0.05, 0) is 49.7 Å². The van der Waals surface area contributed by atoms with Gasteiger partial charge >= 0.3 is 5.97 Å². The number of hydrogen-bond donors (Lipinski definition) is 0. The van der Waals surface area contributed by atoms with Crippen molar-refractivity contribution >= 4 is 39.6 Å². The van der Waals surface area contributed by atoms with Crippen LogP contribution in [0.4, 0.5) is 0 Å². The normalized spacial score (nSPS) is 14.1. The molecule has 0 unspecified atom stereocenters. The summed E-state index contributed by atoms with van der Waals surface area (Å²) in [6.45, 7) is 4.15. The Kier molecular flexibility index (Phi) is 4.36. The maximum Gasteiger partial charge on any atom is 0.363 e. The molecule has 0 radical (unpaired) electrons. The lowest BCUT2D eigenvalue weighted by molar-refractivity contribution is -0.172. The van der Waals surface area contributed by atoms with E-state index in [1.807, 2.05) is 30.3 Å². The van der Waals surface area contributed by atoms with Crippen LogP contribution in [0.5, 0.6) is 0 Å². The third-order valence-corrected chi connectivity index (χ3v) is 5.68. The Bertz CT molecular complexity index is 1380. The van der Waals surface area contributed by atoms with Gasteiger partial charge < -0.3 is 9.40 Å². The minimum absolute atomic E-state index is 0.0640. The number of aromatic nitrogens is 1. The lowest BCUT2D eigenvalue weighted by atomic mass is 10.1. The van der Waals surface area contributed by atoms with Crippen LogP contribution in [0.3, 0.4) is 0 Å². The van der Waals surface area contributed by atoms with Crippen molar-refractivity contribution in [1.29, 1.82) is 0 Å². The smallest absolute Gasteiger partial charge is 0.325 e. The molecule has 0 saturated carbocycles. The topological polar surface area (TPSA) is 68.6 Å². The number of benzene rings is 3. The third kappa shape index (κ3) is 3.08. The largest absolute Gasteiger partial charge is 0.363 e. The summed E-state index contributed by atoms with van der Waals surface area (Å²) in [5, 5.41) is 2.47. The molecular formula is C25H20N2O4. The van der Waals surface area contributed by atoms with E-state index in [2.05, 4.69) is 36.6 Å². The van der Waals surface area contributed by atoms with Crippen LogP contribution >= 0.6 is 0 Å². The van der Waals surface area contributed by atoms with Crippen LogP contribution < -0.4 is 0 Å². The number of carbonyl (C=O) groups is 3. The van der Waals surface area contributed by atoms with Crippen LogP contribution in [0, 0.1) is 13.8 Å². The minimum Gasteiger partial charge on any atom is -0.325 e. The zero-order valence-electron chi connectivity index (χ0n) is 17.2. The van der Waals surface area contributed by atoms with Gasteiger partial charge in [0, 0.05) is 29.3 Å². The second-order valence-electron chi connectivity index (χ2n) is 7.84. The van der Waals surface area contributed by atoms with E-state index in [9.17, 15) is 14.4 Å². The van der Waals surface area contributed by atoms with Gasteiger partial charge in [-0.15, -0.1) is 5.06 Å². The van der Waals surface area contributed by atoms with Gasteiger partial charge in [0.2, 0.25) is 0 Å². The lowest BCUT2D eigenvalue weighted by Gasteiger charge is -2.13. The summed E-state index contributed by atoms with van der Waals surface area (Å²) < 4.78 is 2.18. The summed E-state index contributed by atoms with van der Waals surface area (Å²) in [5.41, 5.74) is 5.68. The molecule has 0 atom stereocenters. The molecule has 5 rings (SSSR count). The van der Waals surface area contributed by atoms with Crippen molar-refractivity contribution in [2.45, 2.75) is 26.7 Å². The van der Waals surface area contributed by atoms with Crippen LogP contribution in [-0.4, -0.2) is 27.4 Å². The van der Waals surface area contributed by atoms with E-state index in [0.717, 1.165) is 33.1 Å². The highest BCUT2D eigenvalue weighted by Crippen LogP contribution is 2.34. The summed E-state index contributed by atoms with van der Waals surface area (Å²) in [5.74, 6) is -1.72. The van der Waals surface area contributed by atoms with Crippen molar-refractivity contribution in [2.75, 3.05) is 0 Å². The van der Waals surface area contributed by atoms with Crippen LogP contribution in [0.15, 0.2) is 60.7 Å². The van der Waals surface area contributed by atoms with Crippen molar-refractivity contribution in [3.05, 3.63) is 77.4 Å². The van der Waals surface area contributed by atoms with Crippen molar-refractivity contribution in [2.24, 2.45) is 0 Å². The molecule has 6 heteroatoms. The van der Waals surface area contributed by atoms with Gasteiger partial charge in [-0.2, -0.15) is 0 Å². The second kappa shape index (κ2) is 7.09. The van der Waals surface area contributed by atoms with E-state index >= 15 is 0 Å². The maximum atomic E-state index is 12.7. The Balaban J connectivity index is 1.65. The minimum atomic E-state index is -0.728. The average molecular weight is 412 g/mol. The molecule has 31 heavy (non-hydrogen) atoms. The first-order valence-corrected chi connectivity index (χ1v) is 10.1. The maximum absolute atomic E-state index is 12.7. The Labute approximate surface area is 178 Å². The number of carbonyl (C=O) groups excluding carboxylic acids is 3. The molecule has 0 bridgehead atoms. The highest BCUT2D eigenvalue weighted by molar-refractivity contribution is 6.11. The fraction of sp³-hybridized carbons (Fsp3) is 0.160. The summed E-state index contributed by atoms with van der Waals surface area (Å²) in [6, 6.07) is 19.6. The van der Waals surface area contributed by atoms with Crippen molar-refractivity contribution in [3.63, 3.8) is 0 Å². The van der Waals surface area contributed by atoms with Gasteiger partial charge in [-0.1, -0.05) is 35.9 Å².